The van der Waals surface area contributed by atoms with Crippen molar-refractivity contribution in [2.45, 2.75) is 102 Å². The van der Waals surface area contributed by atoms with Crippen molar-refractivity contribution in [3.63, 3.8) is 0 Å². The number of aliphatic hydroxyl groups excluding tert-OH is 2. The number of nitrogens with zero attached hydrogens (tertiary/aromatic N) is 3. The topological polar surface area (TPSA) is 120 Å². The summed E-state index contributed by atoms with van der Waals surface area (Å²) in [6, 6.07) is 15.4. The average Bonchev–Trinajstić information content (AvgIpc) is 3.13. The number of unbranched alkanes of at least 4 members (excludes halogenated alkanes) is 1. The number of amides is 1. The van der Waals surface area contributed by atoms with Crippen LogP contribution in [0.4, 0.5) is 0 Å². The van der Waals surface area contributed by atoms with E-state index < -0.39 is 24.3 Å². The molecular formula is C39H55N5O4S. The first-order chi connectivity index (χ1) is 23.9. The monoisotopic (exact) mass is 689 g/mol. The summed E-state index contributed by atoms with van der Waals surface area (Å²) in [6.07, 6.45) is 11.4. The van der Waals surface area contributed by atoms with E-state index in [1.54, 1.807) is 18.5 Å². The molecule has 49 heavy (non-hydrogen) atoms. The molecule has 9 nitrogen and oxygen atoms in total. The summed E-state index contributed by atoms with van der Waals surface area (Å²) in [5, 5.41) is 31.8. The molecule has 1 aliphatic heterocycles. The van der Waals surface area contributed by atoms with E-state index in [0.29, 0.717) is 62.2 Å². The highest BCUT2D eigenvalue weighted by Crippen LogP contribution is 2.29. The van der Waals surface area contributed by atoms with E-state index in [2.05, 4.69) is 68.8 Å². The fourth-order valence-electron chi connectivity index (χ4n) is 7.39. The fourth-order valence-corrected chi connectivity index (χ4v) is 7.70. The van der Waals surface area contributed by atoms with Gasteiger partial charge in [0, 0.05) is 44.4 Å². The summed E-state index contributed by atoms with van der Waals surface area (Å²) in [7, 11) is 0. The van der Waals surface area contributed by atoms with Gasteiger partial charge in [-0.15, -0.1) is 0 Å². The van der Waals surface area contributed by atoms with E-state index in [0.717, 1.165) is 51.6 Å². The number of nitrogens with one attached hydrogen (secondary N) is 2. The first kappa shape index (κ1) is 37.2. The van der Waals surface area contributed by atoms with Gasteiger partial charge in [0.05, 0.1) is 30.3 Å². The Morgan fingerprint density at radius 1 is 0.980 bits per heavy atom. The van der Waals surface area contributed by atoms with Gasteiger partial charge in [-0.1, -0.05) is 107 Å². The summed E-state index contributed by atoms with van der Waals surface area (Å²) in [5.74, 6) is 0.785. The van der Waals surface area contributed by atoms with Gasteiger partial charge in [0.15, 0.2) is 0 Å². The SMILES string of the molecule is CCCC[C@H](NC(=S)[C@H](Cc1ncccn1)Cc1cccc2ccccc12)C(=O)N[C@@H](CC1CCCCC1)[C@@H](O)[C@@H](O)CN1CCOCC1. The minimum absolute atomic E-state index is 0.140. The molecule has 1 amide bonds. The maximum atomic E-state index is 14.2. The number of morpholine rings is 1. The molecule has 10 heteroatoms. The lowest BCUT2D eigenvalue weighted by molar-refractivity contribution is -0.126. The van der Waals surface area contributed by atoms with Crippen LogP contribution in [0.5, 0.6) is 0 Å². The molecule has 2 aromatic carbocycles. The van der Waals surface area contributed by atoms with Gasteiger partial charge >= 0.3 is 0 Å². The van der Waals surface area contributed by atoms with Crippen LogP contribution in [0.25, 0.3) is 10.8 Å². The Balaban J connectivity index is 1.33. The molecule has 2 fully saturated rings. The number of fused-ring (bicyclic) bond motifs is 1. The molecule has 1 saturated heterocycles. The second-order valence-electron chi connectivity index (χ2n) is 13.9. The number of hydrogen-bond acceptors (Lipinski definition) is 8. The lowest BCUT2D eigenvalue weighted by Crippen LogP contribution is -2.57. The third-order valence-corrected chi connectivity index (χ3v) is 10.7. The third kappa shape index (κ3) is 11.2. The molecule has 5 rings (SSSR count). The normalized spacial score (nSPS) is 19.1. The van der Waals surface area contributed by atoms with Crippen LogP contribution in [0.2, 0.25) is 0 Å². The number of aliphatic hydroxyl groups is 2. The maximum Gasteiger partial charge on any atom is 0.242 e. The number of carbonyl (C=O) groups is 1. The van der Waals surface area contributed by atoms with Crippen LogP contribution in [-0.4, -0.2) is 93.1 Å². The Hall–Kier alpha value is -3.02. The fraction of sp³-hybridized carbons (Fsp3) is 0.590. The van der Waals surface area contributed by atoms with Crippen LogP contribution in [0.1, 0.15) is 76.1 Å². The number of hydrogen-bond donors (Lipinski definition) is 4. The number of ether oxygens (including phenoxy) is 1. The predicted octanol–water partition coefficient (Wildman–Crippen LogP) is 5.02. The second-order valence-corrected chi connectivity index (χ2v) is 14.4. The molecule has 4 N–H and O–H groups in total. The molecule has 2 aliphatic rings. The Kier molecular flexibility index (Phi) is 14.7. The van der Waals surface area contributed by atoms with Gasteiger partial charge in [0.2, 0.25) is 5.91 Å². The molecule has 266 valence electrons. The lowest BCUT2D eigenvalue weighted by Gasteiger charge is -2.36. The van der Waals surface area contributed by atoms with Crippen LogP contribution in [-0.2, 0) is 22.4 Å². The van der Waals surface area contributed by atoms with Crippen molar-refractivity contribution in [2.75, 3.05) is 32.8 Å². The van der Waals surface area contributed by atoms with Crippen LogP contribution >= 0.6 is 12.2 Å². The molecule has 2 heterocycles. The Labute approximate surface area is 297 Å². The predicted molar refractivity (Wildman–Crippen MR) is 198 cm³/mol. The van der Waals surface area contributed by atoms with Crippen LogP contribution < -0.4 is 10.6 Å². The number of benzene rings is 2. The number of β-amino-alcohol motifs (C(OH)–C–C–N with tert-alkyl or cyclic N) is 1. The second kappa shape index (κ2) is 19.4. The standard InChI is InChI=1S/C39H55N5O4S/c1-2-3-17-33(38(47)42-34(24-28-11-5-4-6-12-28)37(46)35(45)27-44-20-22-48-23-21-44)43-39(49)31(26-36-40-18-10-19-41-36)25-30-15-9-14-29-13-7-8-16-32(29)30/h7-10,13-16,18-19,28,31,33-35,37,45-46H,2-6,11-12,17,20-27H2,1H3,(H,42,47)(H,43,49)/t31-,33-,34-,35-,37+/m0/s1. The first-order valence-corrected chi connectivity index (χ1v) is 18.8. The largest absolute Gasteiger partial charge is 0.389 e. The van der Waals surface area contributed by atoms with Gasteiger partial charge in [0.25, 0.3) is 0 Å². The van der Waals surface area contributed by atoms with Crippen LogP contribution in [0, 0.1) is 11.8 Å². The van der Waals surface area contributed by atoms with E-state index in [-0.39, 0.29) is 11.8 Å². The van der Waals surface area contributed by atoms with Gasteiger partial charge in [0.1, 0.15) is 18.0 Å². The van der Waals surface area contributed by atoms with Crippen LogP contribution in [0.3, 0.4) is 0 Å². The molecule has 1 aliphatic carbocycles. The maximum absolute atomic E-state index is 14.2. The molecule has 5 atom stereocenters. The molecule has 0 radical (unpaired) electrons. The molecule has 1 aromatic heterocycles. The molecule has 3 aromatic rings. The Bertz CT molecular complexity index is 1440. The van der Waals surface area contributed by atoms with Gasteiger partial charge in [-0.05, 0) is 47.6 Å². The Morgan fingerprint density at radius 3 is 2.47 bits per heavy atom. The quantitative estimate of drug-likeness (QED) is 0.145. The molecule has 1 saturated carbocycles. The minimum atomic E-state index is -1.08. The van der Waals surface area contributed by atoms with Gasteiger partial charge in [-0.2, -0.15) is 0 Å². The van der Waals surface area contributed by atoms with Crippen molar-refractivity contribution in [3.05, 3.63) is 72.3 Å². The smallest absolute Gasteiger partial charge is 0.242 e. The summed E-state index contributed by atoms with van der Waals surface area (Å²) >= 11 is 6.12. The van der Waals surface area contributed by atoms with Crippen molar-refractivity contribution in [3.8, 4) is 0 Å². The highest BCUT2D eigenvalue weighted by molar-refractivity contribution is 7.80. The van der Waals surface area contributed by atoms with Gasteiger partial charge < -0.3 is 25.6 Å². The highest BCUT2D eigenvalue weighted by Gasteiger charge is 2.34. The summed E-state index contributed by atoms with van der Waals surface area (Å²) in [5.41, 5.74) is 1.18. The van der Waals surface area contributed by atoms with Crippen molar-refractivity contribution in [1.82, 2.24) is 25.5 Å². The van der Waals surface area contributed by atoms with E-state index in [9.17, 15) is 15.0 Å². The third-order valence-electron chi connectivity index (χ3n) is 10.2. The van der Waals surface area contributed by atoms with Gasteiger partial charge in [-0.25, -0.2) is 9.97 Å². The average molecular weight is 690 g/mol. The number of carbonyl (C=O) groups excluding carboxylic acids is 1. The van der Waals surface area contributed by atoms with Crippen molar-refractivity contribution < 1.29 is 19.7 Å². The minimum Gasteiger partial charge on any atom is -0.389 e. The number of thiocarbonyl (C=S) groups is 1. The summed E-state index contributed by atoms with van der Waals surface area (Å²) < 4.78 is 5.47. The first-order valence-electron chi connectivity index (χ1n) is 18.4. The van der Waals surface area contributed by atoms with E-state index in [1.165, 1.54) is 22.8 Å². The zero-order valence-electron chi connectivity index (χ0n) is 29.0. The van der Waals surface area contributed by atoms with Crippen molar-refractivity contribution in [2.24, 2.45) is 11.8 Å². The van der Waals surface area contributed by atoms with Gasteiger partial charge in [-0.3, -0.25) is 9.69 Å². The van der Waals surface area contributed by atoms with E-state index in [1.807, 2.05) is 6.07 Å². The Morgan fingerprint density at radius 2 is 1.71 bits per heavy atom. The lowest BCUT2D eigenvalue weighted by atomic mass is 9.83. The number of aromatic nitrogens is 2. The van der Waals surface area contributed by atoms with Crippen molar-refractivity contribution in [1.29, 1.82) is 0 Å². The van der Waals surface area contributed by atoms with Crippen LogP contribution in [0.15, 0.2) is 60.9 Å². The van der Waals surface area contributed by atoms with E-state index >= 15 is 0 Å². The van der Waals surface area contributed by atoms with Crippen molar-refractivity contribution >= 4 is 33.9 Å². The number of rotatable bonds is 17. The summed E-state index contributed by atoms with van der Waals surface area (Å²) in [6.45, 7) is 5.14. The molecule has 0 spiro atoms. The molecule has 0 unspecified atom stereocenters. The zero-order chi connectivity index (χ0) is 34.4. The zero-order valence-corrected chi connectivity index (χ0v) is 29.8. The molecular weight excluding hydrogens is 635 g/mol. The van der Waals surface area contributed by atoms with E-state index in [4.69, 9.17) is 17.0 Å². The molecule has 0 bridgehead atoms. The highest BCUT2D eigenvalue weighted by atomic mass is 32.1. The summed E-state index contributed by atoms with van der Waals surface area (Å²) in [4.78, 5) is 25.9.